The predicted molar refractivity (Wildman–Crippen MR) is 115 cm³/mol. The number of anilines is 1. The van der Waals surface area contributed by atoms with Crippen molar-refractivity contribution in [1.82, 2.24) is 9.80 Å². The lowest BCUT2D eigenvalue weighted by molar-refractivity contribution is -0.134. The van der Waals surface area contributed by atoms with E-state index in [4.69, 9.17) is 15.2 Å². The number of hydrogen-bond acceptors (Lipinski definition) is 5. The van der Waals surface area contributed by atoms with E-state index in [1.54, 1.807) is 14.2 Å². The third-order valence-corrected chi connectivity index (χ3v) is 5.67. The largest absolute Gasteiger partial charge is 0.493 e. The molecule has 0 saturated heterocycles. The molecule has 1 aliphatic heterocycles. The summed E-state index contributed by atoms with van der Waals surface area (Å²) in [5, 5.41) is 0. The molecule has 0 spiro atoms. The zero-order valence-electron chi connectivity index (χ0n) is 17.8. The van der Waals surface area contributed by atoms with Crippen LogP contribution in [0.15, 0.2) is 36.4 Å². The number of benzene rings is 2. The molecule has 1 heterocycles. The summed E-state index contributed by atoms with van der Waals surface area (Å²) in [6.07, 6.45) is 0.776. The van der Waals surface area contributed by atoms with Gasteiger partial charge < -0.3 is 20.1 Å². The van der Waals surface area contributed by atoms with Crippen LogP contribution in [-0.2, 0) is 11.2 Å². The normalized spacial score (nSPS) is 15.9. The molecule has 156 valence electrons. The summed E-state index contributed by atoms with van der Waals surface area (Å²) in [6.45, 7) is 6.92. The van der Waals surface area contributed by atoms with Gasteiger partial charge in [0.25, 0.3) is 0 Å². The van der Waals surface area contributed by atoms with Crippen LogP contribution in [-0.4, -0.2) is 56.1 Å². The minimum absolute atomic E-state index is 0.126. The lowest BCUT2D eigenvalue weighted by Gasteiger charge is -2.39. The van der Waals surface area contributed by atoms with E-state index < -0.39 is 0 Å². The standard InChI is InChI=1S/C23H31N3O3/c1-5-25(6-2)15-22(27)26-11-10-16-13-20(28-3)21(29-4)14-19(16)23(26)17-8-7-9-18(24)12-17/h7-9,12-14,23H,5-6,10-11,15,24H2,1-4H3. The Morgan fingerprint density at radius 3 is 2.45 bits per heavy atom. The Morgan fingerprint density at radius 1 is 1.14 bits per heavy atom. The van der Waals surface area contributed by atoms with Gasteiger partial charge in [-0.05, 0) is 60.5 Å². The van der Waals surface area contributed by atoms with Crippen LogP contribution in [0.2, 0.25) is 0 Å². The van der Waals surface area contributed by atoms with Crippen LogP contribution in [0.4, 0.5) is 5.69 Å². The molecule has 0 saturated carbocycles. The smallest absolute Gasteiger partial charge is 0.237 e. The van der Waals surface area contributed by atoms with Crippen molar-refractivity contribution in [3.8, 4) is 11.5 Å². The van der Waals surface area contributed by atoms with Gasteiger partial charge in [0.05, 0.1) is 26.8 Å². The molecule has 1 aliphatic rings. The molecule has 0 aromatic heterocycles. The molecule has 6 nitrogen and oxygen atoms in total. The fourth-order valence-electron chi connectivity index (χ4n) is 4.03. The molecule has 1 amide bonds. The van der Waals surface area contributed by atoms with Crippen molar-refractivity contribution in [2.24, 2.45) is 0 Å². The van der Waals surface area contributed by atoms with Gasteiger partial charge >= 0.3 is 0 Å². The Bertz CT molecular complexity index is 864. The van der Waals surface area contributed by atoms with Crippen molar-refractivity contribution >= 4 is 11.6 Å². The van der Waals surface area contributed by atoms with E-state index >= 15 is 0 Å². The first kappa shape index (κ1) is 21.0. The topological polar surface area (TPSA) is 68.0 Å². The molecule has 29 heavy (non-hydrogen) atoms. The number of rotatable bonds is 7. The average Bonchev–Trinajstić information content (AvgIpc) is 2.75. The second kappa shape index (κ2) is 9.18. The molecule has 0 bridgehead atoms. The van der Waals surface area contributed by atoms with Crippen molar-refractivity contribution in [2.45, 2.75) is 26.3 Å². The zero-order chi connectivity index (χ0) is 21.0. The average molecular weight is 398 g/mol. The van der Waals surface area contributed by atoms with E-state index in [9.17, 15) is 4.79 Å². The highest BCUT2D eigenvalue weighted by atomic mass is 16.5. The van der Waals surface area contributed by atoms with E-state index in [-0.39, 0.29) is 11.9 Å². The molecule has 1 unspecified atom stereocenters. The van der Waals surface area contributed by atoms with Crippen LogP contribution in [0.3, 0.4) is 0 Å². The van der Waals surface area contributed by atoms with Gasteiger partial charge in [-0.1, -0.05) is 26.0 Å². The highest BCUT2D eigenvalue weighted by Crippen LogP contribution is 2.41. The number of fused-ring (bicyclic) bond motifs is 1. The fourth-order valence-corrected chi connectivity index (χ4v) is 4.03. The molecule has 2 aromatic rings. The van der Waals surface area contributed by atoms with Crippen molar-refractivity contribution in [1.29, 1.82) is 0 Å². The minimum Gasteiger partial charge on any atom is -0.493 e. The summed E-state index contributed by atoms with van der Waals surface area (Å²) in [5.41, 5.74) is 10.00. The van der Waals surface area contributed by atoms with E-state index in [0.29, 0.717) is 30.3 Å². The highest BCUT2D eigenvalue weighted by Gasteiger charge is 2.33. The third kappa shape index (κ3) is 4.32. The van der Waals surface area contributed by atoms with Crippen molar-refractivity contribution in [3.63, 3.8) is 0 Å². The third-order valence-electron chi connectivity index (χ3n) is 5.67. The number of nitrogens with zero attached hydrogens (tertiary/aromatic N) is 2. The number of carbonyl (C=O) groups excluding carboxylic acids is 1. The number of nitrogens with two attached hydrogens (primary N) is 1. The molecule has 2 N–H and O–H groups in total. The summed E-state index contributed by atoms with van der Waals surface area (Å²) >= 11 is 0. The lowest BCUT2D eigenvalue weighted by atomic mass is 9.87. The van der Waals surface area contributed by atoms with Gasteiger partial charge in [-0.2, -0.15) is 0 Å². The molecular weight excluding hydrogens is 366 g/mol. The Morgan fingerprint density at radius 2 is 1.83 bits per heavy atom. The summed E-state index contributed by atoms with van der Waals surface area (Å²) in [4.78, 5) is 17.4. The van der Waals surface area contributed by atoms with Gasteiger partial charge in [-0.3, -0.25) is 9.69 Å². The summed E-state index contributed by atoms with van der Waals surface area (Å²) in [6, 6.07) is 11.6. The van der Waals surface area contributed by atoms with Crippen LogP contribution in [0, 0.1) is 0 Å². The van der Waals surface area contributed by atoms with Gasteiger partial charge in [0, 0.05) is 12.2 Å². The van der Waals surface area contributed by atoms with Gasteiger partial charge in [-0.25, -0.2) is 0 Å². The SMILES string of the molecule is CCN(CC)CC(=O)N1CCc2cc(OC)c(OC)cc2C1c1cccc(N)c1. The molecule has 2 aromatic carbocycles. The maximum absolute atomic E-state index is 13.3. The number of amides is 1. The second-order valence-electron chi connectivity index (χ2n) is 7.28. The quantitative estimate of drug-likeness (QED) is 0.727. The first-order chi connectivity index (χ1) is 14.0. The Balaban J connectivity index is 2.08. The molecule has 0 aliphatic carbocycles. The van der Waals surface area contributed by atoms with Crippen molar-refractivity contribution < 1.29 is 14.3 Å². The van der Waals surface area contributed by atoms with E-state index in [2.05, 4.69) is 18.7 Å². The summed E-state index contributed by atoms with van der Waals surface area (Å²) in [7, 11) is 3.27. The first-order valence-corrected chi connectivity index (χ1v) is 10.1. The number of nitrogen functional groups attached to an aromatic ring is 1. The lowest BCUT2D eigenvalue weighted by Crippen LogP contribution is -2.45. The molecule has 0 fully saturated rings. The first-order valence-electron chi connectivity index (χ1n) is 10.1. The number of hydrogen-bond donors (Lipinski definition) is 1. The maximum Gasteiger partial charge on any atom is 0.237 e. The fraction of sp³-hybridized carbons (Fsp3) is 0.435. The zero-order valence-corrected chi connectivity index (χ0v) is 17.8. The number of ether oxygens (including phenoxy) is 2. The number of likely N-dealkylation sites (N-methyl/N-ethyl adjacent to an activating group) is 1. The van der Waals surface area contributed by atoms with Gasteiger partial charge in [0.2, 0.25) is 5.91 Å². The maximum atomic E-state index is 13.3. The van der Waals surface area contributed by atoms with Crippen LogP contribution < -0.4 is 15.2 Å². The van der Waals surface area contributed by atoms with Crippen LogP contribution in [0.5, 0.6) is 11.5 Å². The van der Waals surface area contributed by atoms with Gasteiger partial charge in [0.1, 0.15) is 0 Å². The van der Waals surface area contributed by atoms with Crippen molar-refractivity contribution in [3.05, 3.63) is 53.1 Å². The predicted octanol–water partition coefficient (Wildman–Crippen LogP) is 3.10. The molecule has 6 heteroatoms. The Kier molecular flexibility index (Phi) is 6.64. The van der Waals surface area contributed by atoms with Crippen LogP contribution in [0.1, 0.15) is 36.6 Å². The summed E-state index contributed by atoms with van der Waals surface area (Å²) < 4.78 is 11.0. The molecule has 3 rings (SSSR count). The van der Waals surface area contributed by atoms with E-state index in [1.165, 1.54) is 5.56 Å². The molecule has 1 atom stereocenters. The second-order valence-corrected chi connectivity index (χ2v) is 7.28. The monoisotopic (exact) mass is 397 g/mol. The van der Waals surface area contributed by atoms with Gasteiger partial charge in [-0.15, -0.1) is 0 Å². The van der Waals surface area contributed by atoms with Crippen LogP contribution in [0.25, 0.3) is 0 Å². The molecule has 0 radical (unpaired) electrons. The highest BCUT2D eigenvalue weighted by molar-refractivity contribution is 5.80. The minimum atomic E-state index is -0.204. The van der Waals surface area contributed by atoms with Crippen LogP contribution >= 0.6 is 0 Å². The van der Waals surface area contributed by atoms with E-state index in [1.807, 2.05) is 41.3 Å². The van der Waals surface area contributed by atoms with E-state index in [0.717, 1.165) is 30.6 Å². The Hall–Kier alpha value is -2.73. The molecular formula is C23H31N3O3. The number of carbonyl (C=O) groups is 1. The summed E-state index contributed by atoms with van der Waals surface area (Å²) in [5.74, 6) is 1.50. The number of methoxy groups -OCH3 is 2. The van der Waals surface area contributed by atoms with Crippen molar-refractivity contribution in [2.75, 3.05) is 46.1 Å². The van der Waals surface area contributed by atoms with Gasteiger partial charge in [0.15, 0.2) is 11.5 Å². The Labute approximate surface area is 173 Å².